The van der Waals surface area contributed by atoms with Crippen LogP contribution in [0.2, 0.25) is 0 Å². The molecule has 2 aromatic rings. The van der Waals surface area contributed by atoms with Gasteiger partial charge in [0.2, 0.25) is 0 Å². The Bertz CT molecular complexity index is 721. The monoisotopic (exact) mass is 298 g/mol. The maximum absolute atomic E-state index is 11.7. The van der Waals surface area contributed by atoms with E-state index in [1.165, 1.54) is 18.3 Å². The maximum atomic E-state index is 11.7. The summed E-state index contributed by atoms with van der Waals surface area (Å²) in [7, 11) is 0. The molecule has 1 amide bonds. The van der Waals surface area contributed by atoms with Crippen LogP contribution in [0.1, 0.15) is 38.3 Å². The predicted octanol–water partition coefficient (Wildman–Crippen LogP) is 2.44. The van der Waals surface area contributed by atoms with Crippen LogP contribution in [0.3, 0.4) is 0 Å². The van der Waals surface area contributed by atoms with Crippen molar-refractivity contribution in [3.63, 3.8) is 0 Å². The van der Waals surface area contributed by atoms with E-state index in [2.05, 4.69) is 22.1 Å². The number of aryl methyl sites for hydroxylation is 1. The molecule has 2 rings (SSSR count). The van der Waals surface area contributed by atoms with E-state index >= 15 is 0 Å². The molecule has 0 saturated carbocycles. The summed E-state index contributed by atoms with van der Waals surface area (Å²) in [4.78, 5) is 27.0. The SMILES string of the molecule is CC(=O)c1ccc(C#CCNC(=O)c2csc(C)n2)cc1. The van der Waals surface area contributed by atoms with Crippen LogP contribution in [0, 0.1) is 18.8 Å². The quantitative estimate of drug-likeness (QED) is 0.699. The van der Waals surface area contributed by atoms with Gasteiger partial charge in [-0.3, -0.25) is 9.59 Å². The Balaban J connectivity index is 1.89. The van der Waals surface area contributed by atoms with Crippen LogP contribution >= 0.6 is 11.3 Å². The highest BCUT2D eigenvalue weighted by Gasteiger charge is 2.07. The number of thiazole rings is 1. The average molecular weight is 298 g/mol. The third kappa shape index (κ3) is 4.26. The van der Waals surface area contributed by atoms with Crippen molar-refractivity contribution in [1.82, 2.24) is 10.3 Å². The smallest absolute Gasteiger partial charge is 0.271 e. The van der Waals surface area contributed by atoms with Gasteiger partial charge in [-0.25, -0.2) is 4.98 Å². The van der Waals surface area contributed by atoms with Gasteiger partial charge in [-0.2, -0.15) is 0 Å². The van der Waals surface area contributed by atoms with Crippen LogP contribution < -0.4 is 5.32 Å². The van der Waals surface area contributed by atoms with E-state index in [1.54, 1.807) is 29.6 Å². The summed E-state index contributed by atoms with van der Waals surface area (Å²) in [5.41, 5.74) is 1.89. The Morgan fingerprint density at radius 2 is 2.00 bits per heavy atom. The summed E-state index contributed by atoms with van der Waals surface area (Å²) in [6.07, 6.45) is 0. The Morgan fingerprint density at radius 3 is 2.57 bits per heavy atom. The highest BCUT2D eigenvalue weighted by Crippen LogP contribution is 2.07. The van der Waals surface area contributed by atoms with Gasteiger partial charge in [-0.15, -0.1) is 11.3 Å². The second-order valence-corrected chi connectivity index (χ2v) is 5.43. The molecule has 4 nitrogen and oxygen atoms in total. The highest BCUT2D eigenvalue weighted by atomic mass is 32.1. The molecule has 0 fully saturated rings. The summed E-state index contributed by atoms with van der Waals surface area (Å²) < 4.78 is 0. The van der Waals surface area contributed by atoms with Gasteiger partial charge in [0, 0.05) is 16.5 Å². The van der Waals surface area contributed by atoms with Gasteiger partial charge in [0.1, 0.15) is 5.69 Å². The van der Waals surface area contributed by atoms with Crippen molar-refractivity contribution in [1.29, 1.82) is 0 Å². The van der Waals surface area contributed by atoms with Crippen LogP contribution in [-0.4, -0.2) is 23.2 Å². The summed E-state index contributed by atoms with van der Waals surface area (Å²) in [6.45, 7) is 3.63. The van der Waals surface area contributed by atoms with Crippen molar-refractivity contribution >= 4 is 23.0 Å². The molecule has 5 heteroatoms. The topological polar surface area (TPSA) is 59.1 Å². The molecule has 21 heavy (non-hydrogen) atoms. The normalized spacial score (nSPS) is 9.62. The predicted molar refractivity (Wildman–Crippen MR) is 82.5 cm³/mol. The number of Topliss-reactive ketones (excluding diaryl/α,β-unsaturated/α-hetero) is 1. The van der Waals surface area contributed by atoms with Crippen molar-refractivity contribution < 1.29 is 9.59 Å². The lowest BCUT2D eigenvalue weighted by Gasteiger charge is -1.97. The second-order valence-electron chi connectivity index (χ2n) is 4.37. The Kier molecular flexibility index (Phi) is 4.85. The highest BCUT2D eigenvalue weighted by molar-refractivity contribution is 7.09. The van der Waals surface area contributed by atoms with Gasteiger partial charge in [-0.05, 0) is 26.0 Å². The minimum absolute atomic E-state index is 0.0281. The molecule has 0 aliphatic rings. The van der Waals surface area contributed by atoms with Gasteiger partial charge < -0.3 is 5.32 Å². The molecule has 0 unspecified atom stereocenters. The first kappa shape index (κ1) is 14.9. The number of benzene rings is 1. The van der Waals surface area contributed by atoms with Gasteiger partial charge in [0.25, 0.3) is 5.91 Å². The third-order valence-electron chi connectivity index (χ3n) is 2.71. The molecule has 1 heterocycles. The number of nitrogens with zero attached hydrogens (tertiary/aromatic N) is 1. The molecule has 0 atom stereocenters. The van der Waals surface area contributed by atoms with E-state index in [-0.39, 0.29) is 18.2 Å². The molecule has 1 aromatic carbocycles. The standard InChI is InChI=1S/C16H14N2O2S/c1-11(19)14-7-5-13(6-8-14)4-3-9-17-16(20)15-10-21-12(2)18-15/h5-8,10H,9H2,1-2H3,(H,17,20). The van der Waals surface area contributed by atoms with Gasteiger partial charge in [0.05, 0.1) is 11.6 Å². The number of carbonyl (C=O) groups excluding carboxylic acids is 2. The Labute approximate surface area is 127 Å². The number of nitrogens with one attached hydrogen (secondary N) is 1. The lowest BCUT2D eigenvalue weighted by molar-refractivity contribution is 0.0953. The first-order valence-electron chi connectivity index (χ1n) is 6.36. The molecule has 0 bridgehead atoms. The van der Waals surface area contributed by atoms with Crippen LogP contribution in [0.25, 0.3) is 0 Å². The fourth-order valence-electron chi connectivity index (χ4n) is 1.62. The zero-order valence-corrected chi connectivity index (χ0v) is 12.6. The maximum Gasteiger partial charge on any atom is 0.271 e. The Hall–Kier alpha value is -2.45. The van der Waals surface area contributed by atoms with E-state index in [0.29, 0.717) is 11.3 Å². The first-order chi connectivity index (χ1) is 10.1. The van der Waals surface area contributed by atoms with Gasteiger partial charge >= 0.3 is 0 Å². The van der Waals surface area contributed by atoms with Crippen molar-refractivity contribution in [3.05, 3.63) is 51.5 Å². The largest absolute Gasteiger partial charge is 0.340 e. The fraction of sp³-hybridized carbons (Fsp3) is 0.188. The van der Waals surface area contributed by atoms with E-state index in [9.17, 15) is 9.59 Å². The van der Waals surface area contributed by atoms with Crippen LogP contribution in [0.4, 0.5) is 0 Å². The molecule has 0 spiro atoms. The zero-order chi connectivity index (χ0) is 15.2. The van der Waals surface area contributed by atoms with E-state index in [1.807, 2.05) is 6.92 Å². The Morgan fingerprint density at radius 1 is 1.29 bits per heavy atom. The van der Waals surface area contributed by atoms with Gasteiger partial charge in [-0.1, -0.05) is 24.0 Å². The number of carbonyl (C=O) groups is 2. The van der Waals surface area contributed by atoms with Crippen LogP contribution in [0.5, 0.6) is 0 Å². The lowest BCUT2D eigenvalue weighted by Crippen LogP contribution is -2.23. The number of amides is 1. The molecule has 1 aromatic heterocycles. The molecule has 1 N–H and O–H groups in total. The summed E-state index contributed by atoms with van der Waals surface area (Å²) in [5, 5.41) is 5.27. The van der Waals surface area contributed by atoms with Crippen molar-refractivity contribution in [3.8, 4) is 11.8 Å². The number of ketones is 1. The fourth-order valence-corrected chi connectivity index (χ4v) is 2.21. The molecule has 0 radical (unpaired) electrons. The third-order valence-corrected chi connectivity index (χ3v) is 3.49. The van der Waals surface area contributed by atoms with Crippen molar-refractivity contribution in [2.45, 2.75) is 13.8 Å². The van der Waals surface area contributed by atoms with Crippen molar-refractivity contribution in [2.24, 2.45) is 0 Å². The molecule has 0 saturated heterocycles. The number of hydrogen-bond donors (Lipinski definition) is 1. The lowest BCUT2D eigenvalue weighted by atomic mass is 10.1. The zero-order valence-electron chi connectivity index (χ0n) is 11.8. The molecular formula is C16H14N2O2S. The molecule has 106 valence electrons. The van der Waals surface area contributed by atoms with Gasteiger partial charge in [0.15, 0.2) is 5.78 Å². The molecule has 0 aliphatic heterocycles. The minimum atomic E-state index is -0.222. The molecule has 0 aliphatic carbocycles. The second kappa shape index (κ2) is 6.82. The first-order valence-corrected chi connectivity index (χ1v) is 7.24. The number of rotatable bonds is 3. The van der Waals surface area contributed by atoms with E-state index < -0.39 is 0 Å². The number of hydrogen-bond acceptors (Lipinski definition) is 4. The van der Waals surface area contributed by atoms with E-state index in [0.717, 1.165) is 10.6 Å². The summed E-state index contributed by atoms with van der Waals surface area (Å²) in [6, 6.07) is 7.05. The number of aromatic nitrogens is 1. The van der Waals surface area contributed by atoms with E-state index in [4.69, 9.17) is 0 Å². The minimum Gasteiger partial charge on any atom is -0.340 e. The van der Waals surface area contributed by atoms with Crippen LogP contribution in [0.15, 0.2) is 29.6 Å². The van der Waals surface area contributed by atoms with Crippen molar-refractivity contribution in [2.75, 3.05) is 6.54 Å². The summed E-state index contributed by atoms with van der Waals surface area (Å²) >= 11 is 1.44. The summed E-state index contributed by atoms with van der Waals surface area (Å²) in [5.74, 6) is 5.60. The van der Waals surface area contributed by atoms with Crippen LogP contribution in [-0.2, 0) is 0 Å². The molecular weight excluding hydrogens is 284 g/mol. The average Bonchev–Trinajstić information content (AvgIpc) is 2.90.